The number of piperazine rings is 1. The predicted octanol–water partition coefficient (Wildman–Crippen LogP) is 4.68. The van der Waals surface area contributed by atoms with Gasteiger partial charge in [-0.05, 0) is 51.3 Å². The summed E-state index contributed by atoms with van der Waals surface area (Å²) in [5.74, 6) is -0.909. The lowest BCUT2D eigenvalue weighted by Gasteiger charge is -2.43. The number of hydrogen-bond donors (Lipinski definition) is 1. The Balaban J connectivity index is 1.27. The molecule has 14 heteroatoms. The van der Waals surface area contributed by atoms with Crippen LogP contribution in [0.5, 0.6) is 11.8 Å². The van der Waals surface area contributed by atoms with Crippen LogP contribution in [0.2, 0.25) is 5.02 Å². The van der Waals surface area contributed by atoms with Crippen LogP contribution in [-0.2, 0) is 0 Å². The van der Waals surface area contributed by atoms with E-state index in [0.717, 1.165) is 37.1 Å². The zero-order chi connectivity index (χ0) is 31.5. The third-order valence-electron chi connectivity index (χ3n) is 10.8. The first-order valence-electron chi connectivity index (χ1n) is 15.9. The maximum absolute atomic E-state index is 17.2. The highest BCUT2D eigenvalue weighted by Gasteiger charge is 2.50. The summed E-state index contributed by atoms with van der Waals surface area (Å²) in [7, 11) is 1.39. The fourth-order valence-corrected chi connectivity index (χ4v) is 9.15. The monoisotopic (exact) mass is 655 g/mol. The van der Waals surface area contributed by atoms with Gasteiger partial charge in [-0.15, -0.1) is 5.10 Å². The van der Waals surface area contributed by atoms with Gasteiger partial charge in [0.25, 0.3) is 0 Å². The standard InChI is InChI=1S/C32H33ClF3N7O3/c1-15-27-20-7-5-18(38-20)13-42(27)30-23-26(39-31(40-30)45-14-32-8-3-9-41(32)12-17(34)10-32)25(36)22(24(33)29(23)46-15)21-19(35)6-4-16-11-37-43(44-2)28(16)21/h4,6,11,15,17-18,20,27,38H,3,5,7-10,12-14H2,1-2H3/t15-,17+,18+,20-,27+,32-/m0/s1. The molecule has 1 N–H and O–H groups in total. The Hall–Kier alpha value is -3.55. The van der Waals surface area contributed by atoms with E-state index in [9.17, 15) is 4.39 Å². The molecule has 7 heterocycles. The van der Waals surface area contributed by atoms with Crippen molar-refractivity contribution in [3.05, 3.63) is 35.0 Å². The van der Waals surface area contributed by atoms with E-state index >= 15 is 8.78 Å². The third-order valence-corrected chi connectivity index (χ3v) is 11.1. The molecule has 46 heavy (non-hydrogen) atoms. The van der Waals surface area contributed by atoms with Crippen LogP contribution < -0.4 is 24.5 Å². The van der Waals surface area contributed by atoms with E-state index in [0.29, 0.717) is 36.1 Å². The lowest BCUT2D eigenvalue weighted by molar-refractivity contribution is 0.107. The molecule has 242 valence electrons. The molecule has 6 atom stereocenters. The second-order valence-corrected chi connectivity index (χ2v) is 13.7. The highest BCUT2D eigenvalue weighted by Crippen LogP contribution is 2.51. The average Bonchev–Trinajstić information content (AvgIpc) is 3.79. The van der Waals surface area contributed by atoms with E-state index in [1.54, 1.807) is 6.07 Å². The summed E-state index contributed by atoms with van der Waals surface area (Å²) >= 11 is 7.08. The van der Waals surface area contributed by atoms with E-state index in [1.165, 1.54) is 19.4 Å². The van der Waals surface area contributed by atoms with E-state index in [2.05, 4.69) is 25.2 Å². The predicted molar refractivity (Wildman–Crippen MR) is 165 cm³/mol. The van der Waals surface area contributed by atoms with Crippen LogP contribution in [0.1, 0.15) is 39.0 Å². The summed E-state index contributed by atoms with van der Waals surface area (Å²) in [4.78, 5) is 20.3. The molecule has 5 aliphatic rings. The number of benzene rings is 2. The van der Waals surface area contributed by atoms with E-state index < -0.39 is 23.3 Å². The number of anilines is 1. The smallest absolute Gasteiger partial charge is 0.319 e. The molecule has 0 spiro atoms. The van der Waals surface area contributed by atoms with Crippen LogP contribution in [0.4, 0.5) is 19.0 Å². The van der Waals surface area contributed by atoms with Crippen molar-refractivity contribution in [2.24, 2.45) is 0 Å². The molecule has 2 aromatic carbocycles. The molecule has 4 saturated heterocycles. The number of nitrogens with one attached hydrogen (secondary N) is 1. The van der Waals surface area contributed by atoms with Crippen LogP contribution in [0.15, 0.2) is 18.3 Å². The summed E-state index contributed by atoms with van der Waals surface area (Å²) in [5, 5.41) is 8.62. The first-order valence-corrected chi connectivity index (χ1v) is 16.3. The van der Waals surface area contributed by atoms with Gasteiger partial charge >= 0.3 is 6.01 Å². The van der Waals surface area contributed by atoms with Crippen molar-refractivity contribution < 1.29 is 27.5 Å². The average molecular weight is 656 g/mol. The summed E-state index contributed by atoms with van der Waals surface area (Å²) in [6.07, 6.45) is 4.28. The molecule has 5 aliphatic heterocycles. The van der Waals surface area contributed by atoms with Crippen molar-refractivity contribution in [3.8, 4) is 22.9 Å². The molecule has 0 radical (unpaired) electrons. The Morgan fingerprint density at radius 1 is 1.17 bits per heavy atom. The minimum Gasteiger partial charge on any atom is -0.486 e. The number of nitrogens with zero attached hydrogens (tertiary/aromatic N) is 6. The summed E-state index contributed by atoms with van der Waals surface area (Å²) in [6, 6.07) is 2.98. The second kappa shape index (κ2) is 10.2. The Bertz CT molecular complexity index is 1910. The van der Waals surface area contributed by atoms with Gasteiger partial charge < -0.3 is 24.5 Å². The highest BCUT2D eigenvalue weighted by atomic mass is 35.5. The molecular formula is C32H33ClF3N7O3. The van der Waals surface area contributed by atoms with E-state index in [1.807, 2.05) is 6.92 Å². The van der Waals surface area contributed by atoms with Gasteiger partial charge in [0.2, 0.25) is 0 Å². The van der Waals surface area contributed by atoms with E-state index in [-0.39, 0.29) is 69.8 Å². The zero-order valence-corrected chi connectivity index (χ0v) is 26.2. The van der Waals surface area contributed by atoms with Crippen molar-refractivity contribution in [2.45, 2.75) is 75.0 Å². The molecule has 0 unspecified atom stereocenters. The van der Waals surface area contributed by atoms with Crippen molar-refractivity contribution in [1.29, 1.82) is 0 Å². The van der Waals surface area contributed by atoms with Gasteiger partial charge in [0.15, 0.2) is 11.6 Å². The van der Waals surface area contributed by atoms with Gasteiger partial charge in [-0.3, -0.25) is 4.90 Å². The van der Waals surface area contributed by atoms with Crippen LogP contribution >= 0.6 is 11.6 Å². The number of halogens is 4. The number of rotatable bonds is 5. The third kappa shape index (κ3) is 4.00. The summed E-state index contributed by atoms with van der Waals surface area (Å²) in [5.41, 5.74) is -0.677. The Morgan fingerprint density at radius 3 is 2.89 bits per heavy atom. The molecule has 4 aromatic rings. The lowest BCUT2D eigenvalue weighted by Crippen LogP contribution is -2.62. The number of aromatic nitrogens is 4. The van der Waals surface area contributed by atoms with Crippen molar-refractivity contribution in [1.82, 2.24) is 30.1 Å². The Labute approximate surface area is 267 Å². The molecule has 0 aliphatic carbocycles. The van der Waals surface area contributed by atoms with Crippen LogP contribution in [0.3, 0.4) is 0 Å². The first kappa shape index (κ1) is 28.7. The van der Waals surface area contributed by atoms with Gasteiger partial charge in [-0.25, -0.2) is 13.2 Å². The van der Waals surface area contributed by atoms with Crippen LogP contribution in [-0.4, -0.2) is 94.1 Å². The van der Waals surface area contributed by atoms with Gasteiger partial charge in [-0.1, -0.05) is 16.4 Å². The SMILES string of the molecule is COn1ncc2ccc(F)c(-c3c(Cl)c4c5c(nc(OC[C@@]67CCCN6C[C@H](F)C7)nc5c3F)N3C[C@H]5CC[C@H](N5)[C@H]3[C@H](C)O4)c21. The highest BCUT2D eigenvalue weighted by molar-refractivity contribution is 6.37. The normalized spacial score (nSPS) is 30.0. The van der Waals surface area contributed by atoms with Crippen molar-refractivity contribution in [3.63, 3.8) is 0 Å². The van der Waals surface area contributed by atoms with Crippen LogP contribution in [0, 0.1) is 11.6 Å². The maximum atomic E-state index is 17.2. The van der Waals surface area contributed by atoms with Gasteiger partial charge in [0, 0.05) is 42.5 Å². The Kier molecular flexibility index (Phi) is 6.37. The first-order chi connectivity index (χ1) is 22.3. The molecule has 2 bridgehead atoms. The van der Waals surface area contributed by atoms with Crippen LogP contribution in [0.25, 0.3) is 32.9 Å². The Morgan fingerprint density at radius 2 is 2.04 bits per heavy atom. The maximum Gasteiger partial charge on any atom is 0.319 e. The lowest BCUT2D eigenvalue weighted by atomic mass is 9.95. The minimum atomic E-state index is -0.926. The van der Waals surface area contributed by atoms with E-state index in [4.69, 9.17) is 30.9 Å². The summed E-state index contributed by atoms with van der Waals surface area (Å²) in [6.45, 7) is 3.95. The van der Waals surface area contributed by atoms with Gasteiger partial charge in [0.05, 0.1) is 33.7 Å². The molecule has 2 aromatic heterocycles. The number of alkyl halides is 1. The largest absolute Gasteiger partial charge is 0.486 e. The number of ether oxygens (including phenoxy) is 2. The van der Waals surface area contributed by atoms with Gasteiger partial charge in [-0.2, -0.15) is 9.97 Å². The molecule has 9 rings (SSSR count). The fourth-order valence-electron chi connectivity index (χ4n) is 8.83. The minimum absolute atomic E-state index is 0.0241. The van der Waals surface area contributed by atoms with Crippen molar-refractivity contribution in [2.75, 3.05) is 38.3 Å². The molecule has 0 amide bonds. The number of fused-ring (bicyclic) bond motifs is 7. The summed E-state index contributed by atoms with van der Waals surface area (Å²) < 4.78 is 60.5. The second-order valence-electron chi connectivity index (χ2n) is 13.3. The molecule has 4 fully saturated rings. The molecule has 0 saturated carbocycles. The molecular weight excluding hydrogens is 623 g/mol. The number of hydrogen-bond acceptors (Lipinski definition) is 9. The molecule has 10 nitrogen and oxygen atoms in total. The van der Waals surface area contributed by atoms with Crippen molar-refractivity contribution >= 4 is 39.2 Å². The quantitative estimate of drug-likeness (QED) is 0.329. The topological polar surface area (TPSA) is 89.8 Å². The fraction of sp³-hybridized carbons (Fsp3) is 0.531. The zero-order valence-electron chi connectivity index (χ0n) is 25.4. The van der Waals surface area contributed by atoms with Gasteiger partial charge in [0.1, 0.15) is 48.7 Å².